The van der Waals surface area contributed by atoms with Crippen LogP contribution < -0.4 is 21.1 Å². The molecular formula is C21H26N6O4. The van der Waals surface area contributed by atoms with Crippen molar-refractivity contribution in [3.05, 3.63) is 66.5 Å². The summed E-state index contributed by atoms with van der Waals surface area (Å²) in [6.07, 6.45) is 4.35. The van der Waals surface area contributed by atoms with Crippen LogP contribution in [0.5, 0.6) is 5.75 Å². The molecule has 0 unspecified atom stereocenters. The molecule has 1 aliphatic heterocycles. The predicted molar refractivity (Wildman–Crippen MR) is 116 cm³/mol. The number of hydrogen-bond acceptors (Lipinski definition) is 8. The zero-order valence-electron chi connectivity index (χ0n) is 17.3. The lowest BCUT2D eigenvalue weighted by atomic mass is 10.2. The molecule has 0 spiro atoms. The number of hydrogen-bond donors (Lipinski definition) is 3. The van der Waals surface area contributed by atoms with Crippen LogP contribution in [0.1, 0.15) is 11.3 Å². The van der Waals surface area contributed by atoms with E-state index in [1.54, 1.807) is 19.1 Å². The van der Waals surface area contributed by atoms with Crippen LogP contribution in [0.25, 0.3) is 0 Å². The summed E-state index contributed by atoms with van der Waals surface area (Å²) in [5, 5.41) is 5.27. The van der Waals surface area contributed by atoms with Crippen molar-refractivity contribution in [2.75, 3.05) is 31.6 Å². The number of morpholine rings is 1. The van der Waals surface area contributed by atoms with E-state index in [4.69, 9.17) is 19.6 Å². The highest BCUT2D eigenvalue weighted by atomic mass is 16.5. The Hall–Kier alpha value is -3.79. The van der Waals surface area contributed by atoms with E-state index in [9.17, 15) is 4.79 Å². The quantitative estimate of drug-likeness (QED) is 0.458. The maximum Gasteiger partial charge on any atom is 0.323 e. The number of aromatic nitrogens is 1. The summed E-state index contributed by atoms with van der Waals surface area (Å²) in [5.41, 5.74) is 6.98. The lowest BCUT2D eigenvalue weighted by Crippen LogP contribution is -2.35. The number of aryl methyl sites for hydroxylation is 1. The maximum absolute atomic E-state index is 12.1. The van der Waals surface area contributed by atoms with Crippen molar-refractivity contribution in [1.29, 1.82) is 0 Å². The number of nitrogens with zero attached hydrogens (tertiary/aromatic N) is 3. The van der Waals surface area contributed by atoms with Crippen LogP contribution in [0.15, 0.2) is 64.6 Å². The lowest BCUT2D eigenvalue weighted by molar-refractivity contribution is 0.0533. The summed E-state index contributed by atoms with van der Waals surface area (Å²) in [4.78, 5) is 22.6. The number of nitrogens with one attached hydrogen (secondary N) is 2. The molecule has 1 aromatic heterocycles. The van der Waals surface area contributed by atoms with Gasteiger partial charge in [-0.15, -0.1) is 0 Å². The first-order valence-corrected chi connectivity index (χ1v) is 9.76. The second-order valence-corrected chi connectivity index (χ2v) is 6.64. The van der Waals surface area contributed by atoms with Gasteiger partial charge in [0.05, 0.1) is 18.9 Å². The Balaban J connectivity index is 1.65. The number of carbonyl (C=O) groups is 1. The van der Waals surface area contributed by atoms with Gasteiger partial charge in [-0.3, -0.25) is 5.32 Å². The number of aliphatic imine (C=N–C) groups is 1. The number of urea groups is 1. The van der Waals surface area contributed by atoms with E-state index in [0.29, 0.717) is 43.6 Å². The first kappa shape index (κ1) is 21.9. The van der Waals surface area contributed by atoms with Gasteiger partial charge < -0.3 is 29.8 Å². The molecule has 2 heterocycles. The zero-order valence-corrected chi connectivity index (χ0v) is 17.3. The topological polar surface area (TPSA) is 127 Å². The van der Waals surface area contributed by atoms with E-state index < -0.39 is 6.03 Å². The molecule has 0 aliphatic carbocycles. The number of para-hydroxylation sites is 1. The average molecular weight is 426 g/mol. The standard InChI is InChI=1S/C21H26N6O4/c1-15-14-30-21(24-15)26-20(28)23-13-17-5-3-4-6-18(17)31-19(7-8-22)25-16(2)27-9-11-29-12-10-27/h3-8,14H,2,9-13,22H2,1H3,(H2,23,24,26,28)/b8-7-,25-19?. The van der Waals surface area contributed by atoms with Crippen molar-refractivity contribution < 1.29 is 18.7 Å². The van der Waals surface area contributed by atoms with Gasteiger partial charge in [0, 0.05) is 31.3 Å². The molecular weight excluding hydrogens is 400 g/mol. The lowest BCUT2D eigenvalue weighted by Gasteiger charge is -2.28. The third kappa shape index (κ3) is 6.61. The third-order valence-corrected chi connectivity index (χ3v) is 4.32. The van der Waals surface area contributed by atoms with Gasteiger partial charge in [0.25, 0.3) is 0 Å². The number of ether oxygens (including phenoxy) is 2. The number of rotatable bonds is 7. The fraction of sp³-hybridized carbons (Fsp3) is 0.286. The van der Waals surface area contributed by atoms with Gasteiger partial charge in [-0.25, -0.2) is 4.79 Å². The first-order chi connectivity index (χ1) is 15.0. The fourth-order valence-corrected chi connectivity index (χ4v) is 2.79. The van der Waals surface area contributed by atoms with Crippen molar-refractivity contribution in [2.45, 2.75) is 13.5 Å². The minimum absolute atomic E-state index is 0.128. The second kappa shape index (κ2) is 10.8. The summed E-state index contributed by atoms with van der Waals surface area (Å²) < 4.78 is 16.4. The Morgan fingerprint density at radius 2 is 2.16 bits per heavy atom. The van der Waals surface area contributed by atoms with E-state index in [2.05, 4.69) is 27.2 Å². The summed E-state index contributed by atoms with van der Waals surface area (Å²) >= 11 is 0. The Morgan fingerprint density at radius 1 is 1.39 bits per heavy atom. The Bertz CT molecular complexity index is 962. The number of nitrogens with two attached hydrogens (primary N) is 1. The van der Waals surface area contributed by atoms with Crippen LogP contribution in [0, 0.1) is 6.92 Å². The van der Waals surface area contributed by atoms with Crippen LogP contribution in [-0.4, -0.2) is 48.1 Å². The molecule has 1 fully saturated rings. The number of amides is 2. The summed E-state index contributed by atoms with van der Waals surface area (Å²) in [6, 6.07) is 6.97. The fourth-order valence-electron chi connectivity index (χ4n) is 2.79. The average Bonchev–Trinajstić information content (AvgIpc) is 3.18. The van der Waals surface area contributed by atoms with Crippen LogP contribution in [0.3, 0.4) is 0 Å². The van der Waals surface area contributed by atoms with E-state index >= 15 is 0 Å². The molecule has 10 heteroatoms. The molecule has 2 aromatic rings. The monoisotopic (exact) mass is 426 g/mol. The summed E-state index contributed by atoms with van der Waals surface area (Å²) in [7, 11) is 0. The molecule has 10 nitrogen and oxygen atoms in total. The van der Waals surface area contributed by atoms with Gasteiger partial charge in [0.15, 0.2) is 0 Å². The van der Waals surface area contributed by atoms with Gasteiger partial charge in [0.1, 0.15) is 17.8 Å². The van der Waals surface area contributed by atoms with E-state index in [-0.39, 0.29) is 18.5 Å². The van der Waals surface area contributed by atoms with Gasteiger partial charge in [-0.2, -0.15) is 9.98 Å². The Morgan fingerprint density at radius 3 is 2.87 bits per heavy atom. The molecule has 0 bridgehead atoms. The minimum atomic E-state index is -0.451. The van der Waals surface area contributed by atoms with Crippen molar-refractivity contribution >= 4 is 17.9 Å². The summed E-state index contributed by atoms with van der Waals surface area (Å²) in [6.45, 7) is 8.67. The van der Waals surface area contributed by atoms with Crippen molar-refractivity contribution in [3.8, 4) is 5.75 Å². The second-order valence-electron chi connectivity index (χ2n) is 6.64. The van der Waals surface area contributed by atoms with Gasteiger partial charge in [0.2, 0.25) is 5.90 Å². The Kier molecular flexibility index (Phi) is 7.66. The van der Waals surface area contributed by atoms with Gasteiger partial charge in [-0.1, -0.05) is 24.8 Å². The van der Waals surface area contributed by atoms with Crippen LogP contribution in [-0.2, 0) is 11.3 Å². The number of benzene rings is 1. The normalized spacial score (nSPS) is 14.5. The zero-order chi connectivity index (χ0) is 22.1. The molecule has 4 N–H and O–H groups in total. The maximum atomic E-state index is 12.1. The predicted octanol–water partition coefficient (Wildman–Crippen LogP) is 2.36. The molecule has 0 radical (unpaired) electrons. The highest BCUT2D eigenvalue weighted by molar-refractivity contribution is 5.90. The number of oxazole rings is 1. The third-order valence-electron chi connectivity index (χ3n) is 4.32. The molecule has 164 valence electrons. The van der Waals surface area contributed by atoms with E-state index in [0.717, 1.165) is 5.56 Å². The van der Waals surface area contributed by atoms with Crippen molar-refractivity contribution in [3.63, 3.8) is 0 Å². The minimum Gasteiger partial charge on any atom is -0.439 e. The molecule has 1 saturated heterocycles. The summed E-state index contributed by atoms with van der Waals surface area (Å²) in [5.74, 6) is 1.38. The number of carbonyl (C=O) groups excluding carboxylic acids is 1. The van der Waals surface area contributed by atoms with Crippen LogP contribution >= 0.6 is 0 Å². The van der Waals surface area contributed by atoms with E-state index in [1.807, 2.05) is 23.1 Å². The molecule has 2 amide bonds. The van der Waals surface area contributed by atoms with Crippen LogP contribution in [0.2, 0.25) is 0 Å². The smallest absolute Gasteiger partial charge is 0.323 e. The molecule has 1 aliphatic rings. The molecule has 1 aromatic carbocycles. The van der Waals surface area contributed by atoms with Crippen molar-refractivity contribution in [1.82, 2.24) is 15.2 Å². The van der Waals surface area contributed by atoms with Gasteiger partial charge in [-0.05, 0) is 19.2 Å². The highest BCUT2D eigenvalue weighted by Crippen LogP contribution is 2.19. The van der Waals surface area contributed by atoms with Gasteiger partial charge >= 0.3 is 12.0 Å². The molecule has 0 saturated carbocycles. The molecule has 31 heavy (non-hydrogen) atoms. The number of anilines is 1. The van der Waals surface area contributed by atoms with Crippen molar-refractivity contribution in [2.24, 2.45) is 10.7 Å². The molecule has 3 rings (SSSR count). The SMILES string of the molecule is C=C(N=C(/C=C\N)Oc1ccccc1CNC(=O)Nc1nc(C)co1)N1CCOCC1. The Labute approximate surface area is 180 Å². The first-order valence-electron chi connectivity index (χ1n) is 9.76. The largest absolute Gasteiger partial charge is 0.439 e. The van der Waals surface area contributed by atoms with Crippen LogP contribution in [0.4, 0.5) is 10.8 Å². The van der Waals surface area contributed by atoms with E-state index in [1.165, 1.54) is 12.5 Å². The highest BCUT2D eigenvalue weighted by Gasteiger charge is 2.14. The molecule has 0 atom stereocenters.